The van der Waals surface area contributed by atoms with E-state index in [-0.39, 0.29) is 5.41 Å². The molecular formula is C34H41N5. The van der Waals surface area contributed by atoms with Crippen molar-refractivity contribution in [2.75, 3.05) is 26.2 Å². The maximum atomic E-state index is 4.98. The third kappa shape index (κ3) is 7.17. The second-order valence-electron chi connectivity index (χ2n) is 12.2. The van der Waals surface area contributed by atoms with Crippen LogP contribution in [0.25, 0.3) is 33.6 Å². The van der Waals surface area contributed by atoms with E-state index in [1.54, 1.807) is 0 Å². The molecule has 0 spiro atoms. The predicted octanol–water partition coefficient (Wildman–Crippen LogP) is 6.99. The molecule has 39 heavy (non-hydrogen) atoms. The Balaban J connectivity index is 1.37. The molecule has 0 amide bonds. The number of piperazine rings is 1. The smallest absolute Gasteiger partial charge is 0.0895 e. The molecule has 1 aliphatic rings. The van der Waals surface area contributed by atoms with Crippen LogP contribution in [-0.4, -0.2) is 57.0 Å². The summed E-state index contributed by atoms with van der Waals surface area (Å²) in [6, 6.07) is 22.2. The Kier molecular flexibility index (Phi) is 8.20. The van der Waals surface area contributed by atoms with Gasteiger partial charge in [0.05, 0.1) is 11.4 Å². The van der Waals surface area contributed by atoms with Crippen LogP contribution in [0.1, 0.15) is 45.9 Å². The molecule has 0 atom stereocenters. The molecule has 0 N–H and O–H groups in total. The van der Waals surface area contributed by atoms with Crippen molar-refractivity contribution in [3.63, 3.8) is 0 Å². The Morgan fingerprint density at radius 3 is 2.13 bits per heavy atom. The molecule has 0 aliphatic carbocycles. The number of rotatable bonds is 7. The van der Waals surface area contributed by atoms with Gasteiger partial charge in [-0.15, -0.1) is 0 Å². The van der Waals surface area contributed by atoms with Crippen molar-refractivity contribution in [1.29, 1.82) is 0 Å². The summed E-state index contributed by atoms with van der Waals surface area (Å²) in [7, 11) is 0. The zero-order chi connectivity index (χ0) is 27.4. The normalized spacial score (nSPS) is 15.1. The Labute approximate surface area is 234 Å². The van der Waals surface area contributed by atoms with Gasteiger partial charge in [0.25, 0.3) is 0 Å². The van der Waals surface area contributed by atoms with Gasteiger partial charge < -0.3 is 0 Å². The number of hydrogen-bond acceptors (Lipinski definition) is 5. The molecule has 0 radical (unpaired) electrons. The first-order chi connectivity index (χ1) is 18.7. The average Bonchev–Trinajstić information content (AvgIpc) is 2.93. The zero-order valence-corrected chi connectivity index (χ0v) is 24.1. The topological polar surface area (TPSA) is 45.2 Å². The van der Waals surface area contributed by atoms with Crippen LogP contribution in [0.5, 0.6) is 0 Å². The maximum Gasteiger partial charge on any atom is 0.0895 e. The number of benzene rings is 1. The number of aromatic nitrogens is 3. The third-order valence-corrected chi connectivity index (χ3v) is 7.42. The van der Waals surface area contributed by atoms with Crippen LogP contribution in [0.3, 0.4) is 0 Å². The molecule has 202 valence electrons. The largest absolute Gasteiger partial charge is 0.298 e. The molecular weight excluding hydrogens is 478 g/mol. The van der Waals surface area contributed by atoms with E-state index in [9.17, 15) is 0 Å². The standard InChI is InChI=1S/C34H41N5/c1-25(2)39-16-14-38(15-17-39)24-26-9-11-27(12-10-26)29-18-30(23-35-22-29)28-19-31(21-34(3,4)5)37-33(20-28)32-8-6-7-13-36-32/h6-13,18-20,22-23,25H,14-17,21,24H2,1-5H3. The molecule has 5 heteroatoms. The lowest BCUT2D eigenvalue weighted by atomic mass is 9.89. The van der Waals surface area contributed by atoms with Gasteiger partial charge in [-0.25, -0.2) is 0 Å². The summed E-state index contributed by atoms with van der Waals surface area (Å²) in [4.78, 5) is 19.3. The first-order valence-electron chi connectivity index (χ1n) is 14.2. The summed E-state index contributed by atoms with van der Waals surface area (Å²) in [6.45, 7) is 16.9. The Bertz CT molecular complexity index is 1370. The van der Waals surface area contributed by atoms with Gasteiger partial charge in [-0.3, -0.25) is 24.8 Å². The van der Waals surface area contributed by atoms with Gasteiger partial charge in [0.1, 0.15) is 0 Å². The molecule has 3 aromatic heterocycles. The fourth-order valence-corrected chi connectivity index (χ4v) is 5.29. The minimum absolute atomic E-state index is 0.136. The van der Waals surface area contributed by atoms with Gasteiger partial charge in [-0.1, -0.05) is 51.1 Å². The van der Waals surface area contributed by atoms with Crippen molar-refractivity contribution >= 4 is 0 Å². The minimum atomic E-state index is 0.136. The fraction of sp³-hybridized carbons (Fsp3) is 0.382. The molecule has 0 bridgehead atoms. The Hall–Kier alpha value is -3.41. The lowest BCUT2D eigenvalue weighted by molar-refractivity contribution is 0.104. The average molecular weight is 520 g/mol. The quantitative estimate of drug-likeness (QED) is 0.263. The number of pyridine rings is 3. The highest BCUT2D eigenvalue weighted by Crippen LogP contribution is 2.30. The van der Waals surface area contributed by atoms with Crippen LogP contribution in [0.15, 0.2) is 79.3 Å². The molecule has 4 aromatic rings. The van der Waals surface area contributed by atoms with E-state index < -0.39 is 0 Å². The second kappa shape index (κ2) is 11.8. The van der Waals surface area contributed by atoms with E-state index in [0.29, 0.717) is 6.04 Å². The molecule has 0 unspecified atom stereocenters. The summed E-state index contributed by atoms with van der Waals surface area (Å²) < 4.78 is 0. The highest BCUT2D eigenvalue weighted by molar-refractivity contribution is 5.74. The van der Waals surface area contributed by atoms with E-state index in [1.807, 2.05) is 36.8 Å². The summed E-state index contributed by atoms with van der Waals surface area (Å²) in [5, 5.41) is 0. The Morgan fingerprint density at radius 2 is 1.49 bits per heavy atom. The maximum absolute atomic E-state index is 4.98. The predicted molar refractivity (Wildman–Crippen MR) is 161 cm³/mol. The first-order valence-corrected chi connectivity index (χ1v) is 14.2. The van der Waals surface area contributed by atoms with Crippen molar-refractivity contribution in [2.45, 2.75) is 53.6 Å². The van der Waals surface area contributed by atoms with Crippen LogP contribution in [0.4, 0.5) is 0 Å². The van der Waals surface area contributed by atoms with Gasteiger partial charge in [-0.2, -0.15) is 0 Å². The second-order valence-corrected chi connectivity index (χ2v) is 12.2. The van der Waals surface area contributed by atoms with E-state index in [2.05, 4.69) is 96.9 Å². The van der Waals surface area contributed by atoms with Crippen LogP contribution in [-0.2, 0) is 13.0 Å². The summed E-state index contributed by atoms with van der Waals surface area (Å²) >= 11 is 0. The van der Waals surface area contributed by atoms with Crippen LogP contribution >= 0.6 is 0 Å². The van der Waals surface area contributed by atoms with E-state index in [4.69, 9.17) is 4.98 Å². The molecule has 1 fully saturated rings. The van der Waals surface area contributed by atoms with E-state index >= 15 is 0 Å². The lowest BCUT2D eigenvalue weighted by Gasteiger charge is -2.36. The monoisotopic (exact) mass is 519 g/mol. The first kappa shape index (κ1) is 27.2. The van der Waals surface area contributed by atoms with Gasteiger partial charge in [0.2, 0.25) is 0 Å². The minimum Gasteiger partial charge on any atom is -0.298 e. The SMILES string of the molecule is CC(C)N1CCN(Cc2ccc(-c3cncc(-c4cc(CC(C)(C)C)nc(-c5ccccn5)c4)c3)cc2)CC1. The molecule has 5 nitrogen and oxygen atoms in total. The highest BCUT2D eigenvalue weighted by atomic mass is 15.3. The molecule has 0 saturated carbocycles. The van der Waals surface area contributed by atoms with Crippen molar-refractivity contribution in [1.82, 2.24) is 24.8 Å². The summed E-state index contributed by atoms with van der Waals surface area (Å²) in [5.41, 5.74) is 8.88. The molecule has 5 rings (SSSR count). The number of nitrogens with zero attached hydrogens (tertiary/aromatic N) is 5. The highest BCUT2D eigenvalue weighted by Gasteiger charge is 2.19. The van der Waals surface area contributed by atoms with Gasteiger partial charge in [-0.05, 0) is 72.7 Å². The van der Waals surface area contributed by atoms with Crippen molar-refractivity contribution in [3.05, 3.63) is 90.5 Å². The molecule has 1 saturated heterocycles. The van der Waals surface area contributed by atoms with Crippen molar-refractivity contribution in [3.8, 4) is 33.6 Å². The molecule has 4 heterocycles. The van der Waals surface area contributed by atoms with Crippen LogP contribution in [0, 0.1) is 5.41 Å². The van der Waals surface area contributed by atoms with Crippen LogP contribution in [0.2, 0.25) is 0 Å². The molecule has 1 aromatic carbocycles. The fourth-order valence-electron chi connectivity index (χ4n) is 5.29. The molecule has 1 aliphatic heterocycles. The lowest BCUT2D eigenvalue weighted by Crippen LogP contribution is -2.48. The van der Waals surface area contributed by atoms with Gasteiger partial charge in [0.15, 0.2) is 0 Å². The third-order valence-electron chi connectivity index (χ3n) is 7.42. The van der Waals surface area contributed by atoms with Gasteiger partial charge in [0, 0.05) is 74.2 Å². The zero-order valence-electron chi connectivity index (χ0n) is 24.1. The van der Waals surface area contributed by atoms with Crippen molar-refractivity contribution < 1.29 is 0 Å². The van der Waals surface area contributed by atoms with Gasteiger partial charge >= 0.3 is 0 Å². The Morgan fingerprint density at radius 1 is 0.769 bits per heavy atom. The van der Waals surface area contributed by atoms with Crippen molar-refractivity contribution in [2.24, 2.45) is 5.41 Å². The van der Waals surface area contributed by atoms with E-state index in [1.165, 1.54) is 11.1 Å². The summed E-state index contributed by atoms with van der Waals surface area (Å²) in [6.07, 6.45) is 6.62. The van der Waals surface area contributed by atoms with E-state index in [0.717, 1.165) is 72.9 Å². The van der Waals surface area contributed by atoms with Crippen LogP contribution < -0.4 is 0 Å². The summed E-state index contributed by atoms with van der Waals surface area (Å²) in [5.74, 6) is 0. The number of hydrogen-bond donors (Lipinski definition) is 0.